The fraction of sp³-hybridized carbons (Fsp3) is 0.576. The van der Waals surface area contributed by atoms with E-state index in [1.807, 2.05) is 76.4 Å². The van der Waals surface area contributed by atoms with Gasteiger partial charge >= 0.3 is 5.97 Å². The summed E-state index contributed by atoms with van der Waals surface area (Å²) in [7, 11) is 0. The van der Waals surface area contributed by atoms with E-state index in [0.717, 1.165) is 16.1 Å². The number of carboxylic acids is 1. The molecule has 1 heterocycles. The number of carbonyl (C=O) groups is 4. The molecule has 11 nitrogen and oxygen atoms in total. The zero-order valence-electron chi connectivity index (χ0n) is 27.2. The van der Waals surface area contributed by atoms with Crippen LogP contribution in [0.1, 0.15) is 70.7 Å². The first-order chi connectivity index (χ1) is 21.2. The van der Waals surface area contributed by atoms with E-state index in [2.05, 4.69) is 21.3 Å². The van der Waals surface area contributed by atoms with E-state index >= 15 is 0 Å². The van der Waals surface area contributed by atoms with Crippen molar-refractivity contribution in [3.8, 4) is 0 Å². The number of aryl methyl sites for hydroxylation is 1. The SMILES string of the molecule is CC[C@H](C)[C@H](NC(=O)[C@@H](N)CCC(=O)O)C(=O)N[C@@H](Cc1cccs1)C(=O)N[C@@H](CC(C)C)[C@H](O)[C@H](C)Nc1ccc(C)cc1. The highest BCUT2D eigenvalue weighted by molar-refractivity contribution is 7.09. The maximum absolute atomic E-state index is 13.8. The van der Waals surface area contributed by atoms with Gasteiger partial charge in [-0.05, 0) is 62.1 Å². The zero-order chi connectivity index (χ0) is 33.7. The van der Waals surface area contributed by atoms with Crippen LogP contribution in [0.15, 0.2) is 41.8 Å². The summed E-state index contributed by atoms with van der Waals surface area (Å²) in [5.74, 6) is -2.83. The van der Waals surface area contributed by atoms with E-state index in [4.69, 9.17) is 10.8 Å². The van der Waals surface area contributed by atoms with Gasteiger partial charge in [-0.15, -0.1) is 11.3 Å². The third kappa shape index (κ3) is 12.8. The summed E-state index contributed by atoms with van der Waals surface area (Å²) >= 11 is 1.46. The van der Waals surface area contributed by atoms with Crippen LogP contribution in [0.4, 0.5) is 5.69 Å². The van der Waals surface area contributed by atoms with Crippen molar-refractivity contribution >= 4 is 40.7 Å². The molecule has 7 atom stereocenters. The fourth-order valence-corrected chi connectivity index (χ4v) is 5.65. The van der Waals surface area contributed by atoms with Gasteiger partial charge in [-0.25, -0.2) is 0 Å². The molecule has 0 aliphatic rings. The van der Waals surface area contributed by atoms with Gasteiger partial charge < -0.3 is 37.2 Å². The maximum atomic E-state index is 13.8. The van der Waals surface area contributed by atoms with E-state index in [9.17, 15) is 24.3 Å². The first-order valence-corrected chi connectivity index (χ1v) is 16.5. The average molecular weight is 646 g/mol. The first kappa shape index (κ1) is 37.7. The molecule has 1 aromatic carbocycles. The molecule has 0 spiro atoms. The van der Waals surface area contributed by atoms with Crippen molar-refractivity contribution in [2.45, 2.75) is 110 Å². The number of aliphatic carboxylic acids is 1. The Morgan fingerprint density at radius 3 is 2.16 bits per heavy atom. The molecule has 0 saturated carbocycles. The van der Waals surface area contributed by atoms with Gasteiger partial charge in [-0.1, -0.05) is 57.9 Å². The second-order valence-electron chi connectivity index (χ2n) is 12.3. The van der Waals surface area contributed by atoms with Gasteiger partial charge in [0, 0.05) is 23.4 Å². The van der Waals surface area contributed by atoms with Crippen molar-refractivity contribution in [3.05, 3.63) is 52.2 Å². The Kier molecular flexibility index (Phi) is 15.5. The Hall–Kier alpha value is -3.48. The quantitative estimate of drug-likeness (QED) is 0.122. The summed E-state index contributed by atoms with van der Waals surface area (Å²) in [4.78, 5) is 52.1. The molecule has 12 heteroatoms. The summed E-state index contributed by atoms with van der Waals surface area (Å²) in [6, 6.07) is 7.50. The normalized spacial score (nSPS) is 16.0. The molecule has 0 saturated heterocycles. The van der Waals surface area contributed by atoms with Crippen molar-refractivity contribution < 1.29 is 29.4 Å². The molecular weight excluding hydrogens is 594 g/mol. The van der Waals surface area contributed by atoms with Crippen LogP contribution in [0.25, 0.3) is 0 Å². The van der Waals surface area contributed by atoms with Gasteiger partial charge in [-0.2, -0.15) is 0 Å². The van der Waals surface area contributed by atoms with Crippen LogP contribution in [-0.4, -0.2) is 70.2 Å². The van der Waals surface area contributed by atoms with Crippen LogP contribution in [0.3, 0.4) is 0 Å². The summed E-state index contributed by atoms with van der Waals surface area (Å²) in [6.45, 7) is 11.6. The molecule has 0 unspecified atom stereocenters. The Morgan fingerprint density at radius 1 is 0.933 bits per heavy atom. The molecule has 0 aliphatic heterocycles. The first-order valence-electron chi connectivity index (χ1n) is 15.6. The minimum atomic E-state index is -1.10. The van der Waals surface area contributed by atoms with E-state index in [-0.39, 0.29) is 31.1 Å². The number of hydrogen-bond acceptors (Lipinski definition) is 8. The Bertz CT molecular complexity index is 1220. The number of aliphatic hydroxyl groups is 1. The predicted molar refractivity (Wildman–Crippen MR) is 178 cm³/mol. The maximum Gasteiger partial charge on any atom is 0.303 e. The lowest BCUT2D eigenvalue weighted by molar-refractivity contribution is -0.137. The minimum absolute atomic E-state index is 0.0732. The second-order valence-corrected chi connectivity index (χ2v) is 13.3. The van der Waals surface area contributed by atoms with Crippen molar-refractivity contribution in [2.75, 3.05) is 5.32 Å². The summed E-state index contributed by atoms with van der Waals surface area (Å²) in [5.41, 5.74) is 7.87. The van der Waals surface area contributed by atoms with Crippen LogP contribution in [0.5, 0.6) is 0 Å². The number of carboxylic acid groups (broad SMARTS) is 1. The van der Waals surface area contributed by atoms with E-state index in [0.29, 0.717) is 12.8 Å². The smallest absolute Gasteiger partial charge is 0.303 e. The highest BCUT2D eigenvalue weighted by Crippen LogP contribution is 2.18. The number of amides is 3. The fourth-order valence-electron chi connectivity index (χ4n) is 4.89. The highest BCUT2D eigenvalue weighted by Gasteiger charge is 2.34. The van der Waals surface area contributed by atoms with E-state index in [1.165, 1.54) is 11.3 Å². The standard InChI is InChI=1S/C33H51N5O6S/c1-7-21(5)29(38-31(42)25(34)14-15-28(39)40)33(44)37-27(18-24-9-8-16-45-24)32(43)36-26(17-19(2)3)30(41)22(6)35-23-12-10-20(4)11-13-23/h8-13,16,19,21-22,25-27,29-30,35,41H,7,14-15,17-18,34H2,1-6H3,(H,36,43)(H,37,44)(H,38,42)(H,39,40)/t21-,22-,25-,26-,27-,29-,30+/m0/s1. The molecule has 0 fully saturated rings. The largest absolute Gasteiger partial charge is 0.481 e. The van der Waals surface area contributed by atoms with E-state index in [1.54, 1.807) is 6.92 Å². The summed E-state index contributed by atoms with van der Waals surface area (Å²) in [6.07, 6.45) is -0.00635. The van der Waals surface area contributed by atoms with Gasteiger partial charge in [0.1, 0.15) is 12.1 Å². The molecule has 0 radical (unpaired) electrons. The molecule has 3 amide bonds. The van der Waals surface area contributed by atoms with Crippen LogP contribution < -0.4 is 27.0 Å². The minimum Gasteiger partial charge on any atom is -0.481 e. The molecule has 250 valence electrons. The number of rotatable bonds is 19. The molecule has 45 heavy (non-hydrogen) atoms. The Labute approximate surface area is 270 Å². The van der Waals surface area contributed by atoms with Crippen molar-refractivity contribution in [2.24, 2.45) is 17.6 Å². The van der Waals surface area contributed by atoms with Crippen LogP contribution in [0, 0.1) is 18.8 Å². The van der Waals surface area contributed by atoms with Crippen LogP contribution >= 0.6 is 11.3 Å². The molecule has 1 aromatic heterocycles. The molecule has 0 bridgehead atoms. The monoisotopic (exact) mass is 645 g/mol. The number of benzene rings is 1. The lowest BCUT2D eigenvalue weighted by Crippen LogP contribution is -2.60. The lowest BCUT2D eigenvalue weighted by Gasteiger charge is -2.32. The average Bonchev–Trinajstić information content (AvgIpc) is 3.50. The number of hydrogen-bond donors (Lipinski definition) is 7. The lowest BCUT2D eigenvalue weighted by atomic mass is 9.94. The predicted octanol–water partition coefficient (Wildman–Crippen LogP) is 3.20. The second kappa shape index (κ2) is 18.5. The molecule has 0 aliphatic carbocycles. The van der Waals surface area contributed by atoms with Gasteiger partial charge in [-0.3, -0.25) is 19.2 Å². The topological polar surface area (TPSA) is 183 Å². The number of nitrogens with two attached hydrogens (primary N) is 1. The number of thiophene rings is 1. The van der Waals surface area contributed by atoms with Gasteiger partial charge in [0.15, 0.2) is 0 Å². The third-order valence-electron chi connectivity index (χ3n) is 7.84. The van der Waals surface area contributed by atoms with Gasteiger partial charge in [0.05, 0.1) is 24.2 Å². The number of anilines is 1. The zero-order valence-corrected chi connectivity index (χ0v) is 28.0. The van der Waals surface area contributed by atoms with E-state index < -0.39 is 60.0 Å². The summed E-state index contributed by atoms with van der Waals surface area (Å²) in [5, 5.41) is 34.0. The molecule has 8 N–H and O–H groups in total. The van der Waals surface area contributed by atoms with Gasteiger partial charge in [0.25, 0.3) is 0 Å². The third-order valence-corrected chi connectivity index (χ3v) is 8.74. The van der Waals surface area contributed by atoms with Crippen molar-refractivity contribution in [1.82, 2.24) is 16.0 Å². The van der Waals surface area contributed by atoms with Crippen LogP contribution in [-0.2, 0) is 25.6 Å². The van der Waals surface area contributed by atoms with Crippen molar-refractivity contribution in [3.63, 3.8) is 0 Å². The molecule has 2 aromatic rings. The number of aliphatic hydroxyl groups excluding tert-OH is 1. The van der Waals surface area contributed by atoms with Gasteiger partial charge in [0.2, 0.25) is 17.7 Å². The summed E-state index contributed by atoms with van der Waals surface area (Å²) < 4.78 is 0. The molecular formula is C33H51N5O6S. The number of nitrogens with one attached hydrogen (secondary N) is 4. The Balaban J connectivity index is 2.25. The highest BCUT2D eigenvalue weighted by atomic mass is 32.1. The molecule has 2 rings (SSSR count). The number of carbonyl (C=O) groups excluding carboxylic acids is 3. The Morgan fingerprint density at radius 2 is 1.60 bits per heavy atom. The van der Waals surface area contributed by atoms with Crippen LogP contribution in [0.2, 0.25) is 0 Å². The van der Waals surface area contributed by atoms with Crippen molar-refractivity contribution in [1.29, 1.82) is 0 Å².